The molecule has 1 saturated heterocycles. The van der Waals surface area contributed by atoms with Gasteiger partial charge < -0.3 is 15.4 Å². The molecule has 3 rings (SSSR count). The molecule has 4 nitrogen and oxygen atoms in total. The second-order valence-electron chi connectivity index (χ2n) is 5.36. The van der Waals surface area contributed by atoms with Crippen LogP contribution in [0.5, 0.6) is 0 Å². The molecule has 0 bridgehead atoms. The zero-order chi connectivity index (χ0) is 17.2. The molecule has 2 aromatic rings. The minimum atomic E-state index is -4.47. The molecule has 1 aromatic carbocycles. The van der Waals surface area contributed by atoms with Gasteiger partial charge in [-0.2, -0.15) is 13.2 Å². The maximum absolute atomic E-state index is 12.6. The van der Waals surface area contributed by atoms with Crippen molar-refractivity contribution in [1.82, 2.24) is 10.3 Å². The summed E-state index contributed by atoms with van der Waals surface area (Å²) < 4.78 is 43.5. The summed E-state index contributed by atoms with van der Waals surface area (Å²) in [7, 11) is 0. The van der Waals surface area contributed by atoms with E-state index in [-0.39, 0.29) is 16.9 Å². The number of halogens is 4. The first-order valence-corrected chi connectivity index (χ1v) is 7.73. The van der Waals surface area contributed by atoms with Crippen LogP contribution in [-0.2, 0) is 10.9 Å². The van der Waals surface area contributed by atoms with Crippen molar-refractivity contribution in [2.45, 2.75) is 12.3 Å². The molecule has 2 N–H and O–H groups in total. The van der Waals surface area contributed by atoms with Gasteiger partial charge in [0.25, 0.3) is 0 Å². The number of nitrogens with one attached hydrogen (secondary N) is 2. The van der Waals surface area contributed by atoms with Gasteiger partial charge in [-0.15, -0.1) is 0 Å². The number of ether oxygens (including phenoxy) is 1. The molecule has 0 amide bonds. The summed E-state index contributed by atoms with van der Waals surface area (Å²) in [4.78, 5) is 3.75. The van der Waals surface area contributed by atoms with Crippen molar-refractivity contribution in [1.29, 1.82) is 0 Å². The largest absolute Gasteiger partial charge is 0.417 e. The highest BCUT2D eigenvalue weighted by molar-refractivity contribution is 6.33. The minimum absolute atomic E-state index is 0.000539. The third kappa shape index (κ3) is 3.98. The van der Waals surface area contributed by atoms with Gasteiger partial charge in [-0.25, -0.2) is 4.98 Å². The topological polar surface area (TPSA) is 46.2 Å². The van der Waals surface area contributed by atoms with Crippen molar-refractivity contribution in [2.75, 3.05) is 25.0 Å². The number of alkyl halides is 3. The Balaban J connectivity index is 1.72. The molecular formula is C16H15ClF3N3O. The molecule has 1 unspecified atom stereocenters. The van der Waals surface area contributed by atoms with E-state index in [4.69, 9.17) is 16.3 Å². The highest BCUT2D eigenvalue weighted by atomic mass is 35.5. The Morgan fingerprint density at radius 1 is 1.25 bits per heavy atom. The van der Waals surface area contributed by atoms with E-state index in [1.165, 1.54) is 0 Å². The summed E-state index contributed by atoms with van der Waals surface area (Å²) in [6.45, 7) is 2.25. The van der Waals surface area contributed by atoms with Gasteiger partial charge in [0.1, 0.15) is 5.82 Å². The molecular weight excluding hydrogens is 343 g/mol. The first kappa shape index (κ1) is 17.0. The van der Waals surface area contributed by atoms with Crippen molar-refractivity contribution >= 4 is 23.1 Å². The van der Waals surface area contributed by atoms with Gasteiger partial charge >= 0.3 is 6.18 Å². The predicted molar refractivity (Wildman–Crippen MR) is 85.5 cm³/mol. The summed E-state index contributed by atoms with van der Waals surface area (Å²) in [6.07, 6.45) is -3.71. The summed E-state index contributed by atoms with van der Waals surface area (Å²) in [6, 6.07) is 8.27. The van der Waals surface area contributed by atoms with Crippen LogP contribution in [0.25, 0.3) is 0 Å². The zero-order valence-corrected chi connectivity index (χ0v) is 13.3. The van der Waals surface area contributed by atoms with Crippen LogP contribution >= 0.6 is 11.6 Å². The van der Waals surface area contributed by atoms with Crippen molar-refractivity contribution < 1.29 is 17.9 Å². The maximum Gasteiger partial charge on any atom is 0.417 e. The van der Waals surface area contributed by atoms with E-state index in [1.807, 2.05) is 24.3 Å². The van der Waals surface area contributed by atoms with E-state index in [9.17, 15) is 13.2 Å². The highest BCUT2D eigenvalue weighted by Gasteiger charge is 2.31. The molecule has 0 spiro atoms. The molecule has 1 aromatic heterocycles. The van der Waals surface area contributed by atoms with Crippen molar-refractivity contribution in [3.05, 3.63) is 52.7 Å². The Labute approximate surface area is 142 Å². The molecule has 0 radical (unpaired) electrons. The standard InChI is InChI=1S/C16H15ClF3N3O/c17-13-7-11(16(18,19)20)8-22-15(13)23-12-3-1-10(2-4-12)14-9-21-5-6-24-14/h1-4,7-8,14,21H,5-6,9H2,(H,22,23). The minimum Gasteiger partial charge on any atom is -0.371 e. The number of hydrogen-bond acceptors (Lipinski definition) is 4. The Morgan fingerprint density at radius 2 is 2.00 bits per heavy atom. The molecule has 2 heterocycles. The van der Waals surface area contributed by atoms with Crippen molar-refractivity contribution in [3.63, 3.8) is 0 Å². The van der Waals surface area contributed by atoms with Gasteiger partial charge in [-0.05, 0) is 23.8 Å². The quantitative estimate of drug-likeness (QED) is 0.866. The average molecular weight is 358 g/mol. The van der Waals surface area contributed by atoms with Crippen LogP contribution in [0.15, 0.2) is 36.5 Å². The smallest absolute Gasteiger partial charge is 0.371 e. The summed E-state index contributed by atoms with van der Waals surface area (Å²) in [5.41, 5.74) is 0.825. The van der Waals surface area contributed by atoms with Gasteiger partial charge in [0.15, 0.2) is 0 Å². The summed E-state index contributed by atoms with van der Waals surface area (Å²) in [5.74, 6) is 0.174. The fourth-order valence-corrected chi connectivity index (χ4v) is 2.60. The SMILES string of the molecule is FC(F)(F)c1cnc(Nc2ccc(C3CNCCO3)cc2)c(Cl)c1. The van der Waals surface area contributed by atoms with Gasteiger partial charge in [-0.3, -0.25) is 0 Å². The third-order valence-electron chi connectivity index (χ3n) is 3.64. The number of rotatable bonds is 3. The van der Waals surface area contributed by atoms with E-state index in [2.05, 4.69) is 15.6 Å². The fourth-order valence-electron chi connectivity index (χ4n) is 2.38. The van der Waals surface area contributed by atoms with Crippen LogP contribution in [0.3, 0.4) is 0 Å². The first-order chi connectivity index (χ1) is 11.4. The maximum atomic E-state index is 12.6. The lowest BCUT2D eigenvalue weighted by molar-refractivity contribution is -0.137. The highest BCUT2D eigenvalue weighted by Crippen LogP contribution is 2.33. The number of pyridine rings is 1. The molecule has 24 heavy (non-hydrogen) atoms. The van der Waals surface area contributed by atoms with Gasteiger partial charge in [-0.1, -0.05) is 23.7 Å². The van der Waals surface area contributed by atoms with Crippen LogP contribution in [0.2, 0.25) is 5.02 Å². The molecule has 1 atom stereocenters. The number of hydrogen-bond donors (Lipinski definition) is 2. The van der Waals surface area contributed by atoms with Crippen LogP contribution in [-0.4, -0.2) is 24.7 Å². The molecule has 8 heteroatoms. The van der Waals surface area contributed by atoms with E-state index in [0.29, 0.717) is 12.3 Å². The summed E-state index contributed by atoms with van der Waals surface area (Å²) in [5, 5.41) is 6.08. The predicted octanol–water partition coefficient (Wildman–Crippen LogP) is 4.16. The molecule has 128 valence electrons. The normalized spacial score (nSPS) is 18.4. The molecule has 1 fully saturated rings. The van der Waals surface area contributed by atoms with Crippen LogP contribution in [0.1, 0.15) is 17.2 Å². The number of benzene rings is 1. The van der Waals surface area contributed by atoms with E-state index < -0.39 is 11.7 Å². The van der Waals surface area contributed by atoms with Crippen LogP contribution in [0.4, 0.5) is 24.7 Å². The van der Waals surface area contributed by atoms with E-state index >= 15 is 0 Å². The first-order valence-electron chi connectivity index (χ1n) is 7.35. The van der Waals surface area contributed by atoms with Gasteiger partial charge in [0.05, 0.1) is 23.3 Å². The third-order valence-corrected chi connectivity index (χ3v) is 3.93. The van der Waals surface area contributed by atoms with E-state index in [0.717, 1.165) is 30.9 Å². The summed E-state index contributed by atoms with van der Waals surface area (Å²) >= 11 is 5.89. The van der Waals surface area contributed by atoms with Crippen molar-refractivity contribution in [3.8, 4) is 0 Å². The Hall–Kier alpha value is -1.83. The van der Waals surface area contributed by atoms with Crippen LogP contribution < -0.4 is 10.6 Å². The van der Waals surface area contributed by atoms with Gasteiger partial charge in [0, 0.05) is 25.0 Å². The van der Waals surface area contributed by atoms with E-state index in [1.54, 1.807) is 0 Å². The second kappa shape index (κ2) is 6.96. The molecule has 0 saturated carbocycles. The number of nitrogens with zero attached hydrogens (tertiary/aromatic N) is 1. The molecule has 1 aliphatic heterocycles. The van der Waals surface area contributed by atoms with Crippen LogP contribution in [0, 0.1) is 0 Å². The Bertz CT molecular complexity index is 701. The fraction of sp³-hybridized carbons (Fsp3) is 0.312. The van der Waals surface area contributed by atoms with Gasteiger partial charge in [0.2, 0.25) is 0 Å². The molecule has 1 aliphatic rings. The number of aromatic nitrogens is 1. The van der Waals surface area contributed by atoms with Crippen molar-refractivity contribution in [2.24, 2.45) is 0 Å². The second-order valence-corrected chi connectivity index (χ2v) is 5.77. The Morgan fingerprint density at radius 3 is 2.58 bits per heavy atom. The number of anilines is 2. The lowest BCUT2D eigenvalue weighted by atomic mass is 10.1. The Kier molecular flexibility index (Phi) is 4.93. The number of morpholine rings is 1. The monoisotopic (exact) mass is 357 g/mol. The lowest BCUT2D eigenvalue weighted by Crippen LogP contribution is -2.33. The zero-order valence-electron chi connectivity index (χ0n) is 12.5. The average Bonchev–Trinajstić information content (AvgIpc) is 2.57. The lowest BCUT2D eigenvalue weighted by Gasteiger charge is -2.24. The molecule has 0 aliphatic carbocycles.